The fraction of sp³-hybridized carbons (Fsp3) is 0.158. The lowest BCUT2D eigenvalue weighted by Crippen LogP contribution is -2.44. The minimum atomic E-state index is -0.990. The Kier molecular flexibility index (Phi) is 4.19. The normalized spacial score (nSPS) is 15.7. The fourth-order valence-electron chi connectivity index (χ4n) is 2.91. The lowest BCUT2D eigenvalue weighted by molar-refractivity contribution is -0.120. The second kappa shape index (κ2) is 6.21. The van der Waals surface area contributed by atoms with E-state index in [0.717, 1.165) is 0 Å². The van der Waals surface area contributed by atoms with E-state index in [0.29, 0.717) is 11.4 Å². The summed E-state index contributed by atoms with van der Waals surface area (Å²) in [5.41, 5.74) is 0.400. The van der Waals surface area contributed by atoms with E-state index in [1.54, 1.807) is 36.9 Å². The highest BCUT2D eigenvalue weighted by atomic mass is 32.1. The fourth-order valence-corrected chi connectivity index (χ4v) is 3.43. The van der Waals surface area contributed by atoms with Crippen LogP contribution < -0.4 is 9.80 Å². The first-order valence-electron chi connectivity index (χ1n) is 7.70. The van der Waals surface area contributed by atoms with E-state index in [9.17, 15) is 14.4 Å². The van der Waals surface area contributed by atoms with Gasteiger partial charge in [-0.3, -0.25) is 9.69 Å². The van der Waals surface area contributed by atoms with E-state index >= 15 is 0 Å². The van der Waals surface area contributed by atoms with Crippen LogP contribution in [0.4, 0.5) is 15.8 Å². The second-order valence-electron chi connectivity index (χ2n) is 6.25. The zero-order valence-electron chi connectivity index (χ0n) is 14.0. The first kappa shape index (κ1) is 17.5. The number of benzene rings is 2. The third-order valence-corrected chi connectivity index (χ3v) is 4.62. The second-order valence-corrected chi connectivity index (χ2v) is 6.61. The summed E-state index contributed by atoms with van der Waals surface area (Å²) in [5, 5.41) is 18.5. The summed E-state index contributed by atoms with van der Waals surface area (Å²) in [6.45, 7) is 3.44. The highest BCUT2D eigenvalue weighted by molar-refractivity contribution is 7.81. The van der Waals surface area contributed by atoms with Crippen molar-refractivity contribution in [3.05, 3.63) is 59.4 Å². The quantitative estimate of drug-likeness (QED) is 0.763. The molecular formula is C19H13FN4OS. The summed E-state index contributed by atoms with van der Waals surface area (Å²) < 4.78 is 13.3. The van der Waals surface area contributed by atoms with Gasteiger partial charge in [-0.1, -0.05) is 0 Å². The number of nitrogens with zero attached hydrogens (tertiary/aromatic N) is 4. The Bertz CT molecular complexity index is 1000. The molecule has 1 heterocycles. The van der Waals surface area contributed by atoms with Crippen LogP contribution >= 0.6 is 12.2 Å². The van der Waals surface area contributed by atoms with Gasteiger partial charge in [0, 0.05) is 5.69 Å². The average molecular weight is 364 g/mol. The number of halogens is 1. The number of anilines is 2. The molecule has 1 amide bonds. The van der Waals surface area contributed by atoms with Gasteiger partial charge in [0.2, 0.25) is 0 Å². The van der Waals surface area contributed by atoms with Gasteiger partial charge in [-0.15, -0.1) is 0 Å². The van der Waals surface area contributed by atoms with Gasteiger partial charge in [-0.05, 0) is 68.5 Å². The molecule has 0 bridgehead atoms. The Labute approximate surface area is 155 Å². The lowest BCUT2D eigenvalue weighted by atomic mass is 10.0. The van der Waals surface area contributed by atoms with Gasteiger partial charge in [0.25, 0.3) is 5.91 Å². The van der Waals surface area contributed by atoms with E-state index in [1.807, 2.05) is 12.1 Å². The van der Waals surface area contributed by atoms with Crippen LogP contribution in [0.15, 0.2) is 42.5 Å². The predicted octanol–water partition coefficient (Wildman–Crippen LogP) is 3.49. The molecule has 1 fully saturated rings. The summed E-state index contributed by atoms with van der Waals surface area (Å²) in [4.78, 5) is 16.0. The lowest BCUT2D eigenvalue weighted by Gasteiger charge is -2.29. The van der Waals surface area contributed by atoms with Crippen molar-refractivity contribution in [1.29, 1.82) is 10.5 Å². The van der Waals surface area contributed by atoms with Crippen LogP contribution in [0.5, 0.6) is 0 Å². The van der Waals surface area contributed by atoms with Gasteiger partial charge in [-0.2, -0.15) is 10.5 Å². The van der Waals surface area contributed by atoms with Gasteiger partial charge < -0.3 is 4.90 Å². The van der Waals surface area contributed by atoms with Crippen molar-refractivity contribution in [1.82, 2.24) is 0 Å². The standard InChI is InChI=1S/C19H13FN4OS/c1-19(2)17(25)23(16-6-3-12(10-21)13(9-16)11-22)18(26)24(19)15-7-4-14(20)5-8-15/h3-9H,1-2H3. The molecule has 0 saturated carbocycles. The number of hydrogen-bond acceptors (Lipinski definition) is 4. The number of thiocarbonyl (C=S) groups is 1. The number of nitriles is 2. The van der Waals surface area contributed by atoms with Crippen LogP contribution in [-0.2, 0) is 4.79 Å². The molecule has 0 spiro atoms. The Balaban J connectivity index is 2.09. The Morgan fingerprint density at radius 2 is 1.58 bits per heavy atom. The minimum Gasteiger partial charge on any atom is -0.304 e. The molecule has 1 saturated heterocycles. The maximum Gasteiger partial charge on any atom is 0.259 e. The summed E-state index contributed by atoms with van der Waals surface area (Å²) in [5.74, 6) is -0.661. The molecule has 0 atom stereocenters. The highest BCUT2D eigenvalue weighted by Crippen LogP contribution is 2.36. The number of carbonyl (C=O) groups excluding carboxylic acids is 1. The molecule has 2 aromatic rings. The van der Waals surface area contributed by atoms with Crippen molar-refractivity contribution in [2.75, 3.05) is 9.80 Å². The van der Waals surface area contributed by atoms with E-state index < -0.39 is 5.54 Å². The van der Waals surface area contributed by atoms with Crippen LogP contribution in [0.1, 0.15) is 25.0 Å². The van der Waals surface area contributed by atoms with E-state index in [1.165, 1.54) is 29.2 Å². The van der Waals surface area contributed by atoms with Crippen LogP contribution in [0.3, 0.4) is 0 Å². The Hall–Kier alpha value is -3.29. The molecule has 26 heavy (non-hydrogen) atoms. The molecule has 1 aliphatic rings. The molecule has 0 N–H and O–H groups in total. The first-order valence-corrected chi connectivity index (χ1v) is 8.10. The zero-order valence-corrected chi connectivity index (χ0v) is 14.8. The highest BCUT2D eigenvalue weighted by Gasteiger charge is 2.50. The van der Waals surface area contributed by atoms with E-state index in [4.69, 9.17) is 17.5 Å². The van der Waals surface area contributed by atoms with Gasteiger partial charge in [0.05, 0.1) is 16.8 Å². The monoisotopic (exact) mass is 364 g/mol. The average Bonchev–Trinajstić information content (AvgIpc) is 2.80. The molecule has 0 aliphatic carbocycles. The van der Waals surface area contributed by atoms with Crippen LogP contribution in [0, 0.1) is 28.5 Å². The van der Waals surface area contributed by atoms with Gasteiger partial charge in [-0.25, -0.2) is 4.39 Å². The summed E-state index contributed by atoms with van der Waals surface area (Å²) in [6.07, 6.45) is 0. The number of rotatable bonds is 2. The summed E-state index contributed by atoms with van der Waals surface area (Å²) >= 11 is 5.51. The van der Waals surface area contributed by atoms with Crippen LogP contribution in [-0.4, -0.2) is 16.6 Å². The largest absolute Gasteiger partial charge is 0.304 e. The van der Waals surface area contributed by atoms with Crippen LogP contribution in [0.25, 0.3) is 0 Å². The van der Waals surface area contributed by atoms with Crippen molar-refractivity contribution < 1.29 is 9.18 Å². The van der Waals surface area contributed by atoms with E-state index in [-0.39, 0.29) is 28.0 Å². The molecule has 3 rings (SSSR count). The first-order chi connectivity index (χ1) is 12.3. The van der Waals surface area contributed by atoms with Crippen molar-refractivity contribution in [2.24, 2.45) is 0 Å². The third-order valence-electron chi connectivity index (χ3n) is 4.26. The minimum absolute atomic E-state index is 0.165. The molecular weight excluding hydrogens is 351 g/mol. The number of hydrogen-bond donors (Lipinski definition) is 0. The van der Waals surface area contributed by atoms with Crippen LogP contribution in [0.2, 0.25) is 0 Å². The predicted molar refractivity (Wildman–Crippen MR) is 98.9 cm³/mol. The molecule has 1 aliphatic heterocycles. The van der Waals surface area contributed by atoms with Crippen molar-refractivity contribution in [3.8, 4) is 12.1 Å². The number of amides is 1. The molecule has 2 aromatic carbocycles. The maximum atomic E-state index is 13.3. The summed E-state index contributed by atoms with van der Waals surface area (Å²) in [6, 6.07) is 14.1. The maximum absolute atomic E-state index is 13.3. The van der Waals surface area contributed by atoms with E-state index in [2.05, 4.69) is 0 Å². The SMILES string of the molecule is CC1(C)C(=O)N(c2ccc(C#N)c(C#N)c2)C(=S)N1c1ccc(F)cc1. The molecule has 0 unspecified atom stereocenters. The molecule has 128 valence electrons. The van der Waals surface area contributed by atoms with Crippen molar-refractivity contribution >= 4 is 34.6 Å². The van der Waals surface area contributed by atoms with Crippen molar-refractivity contribution in [2.45, 2.75) is 19.4 Å². The Morgan fingerprint density at radius 3 is 2.15 bits per heavy atom. The smallest absolute Gasteiger partial charge is 0.259 e. The third kappa shape index (κ3) is 2.59. The van der Waals surface area contributed by atoms with Gasteiger partial charge >= 0.3 is 0 Å². The Morgan fingerprint density at radius 1 is 1.00 bits per heavy atom. The topological polar surface area (TPSA) is 71.1 Å². The van der Waals surface area contributed by atoms with Crippen molar-refractivity contribution in [3.63, 3.8) is 0 Å². The molecule has 0 aromatic heterocycles. The molecule has 7 heteroatoms. The molecule has 0 radical (unpaired) electrons. The zero-order chi connectivity index (χ0) is 19.1. The van der Waals surface area contributed by atoms with Gasteiger partial charge in [0.15, 0.2) is 5.11 Å². The van der Waals surface area contributed by atoms with Gasteiger partial charge in [0.1, 0.15) is 23.5 Å². The molecule has 5 nitrogen and oxygen atoms in total. The number of carbonyl (C=O) groups is 1. The summed E-state index contributed by atoms with van der Waals surface area (Å²) in [7, 11) is 0.